The van der Waals surface area contributed by atoms with Crippen molar-refractivity contribution < 1.29 is 0 Å². The van der Waals surface area contributed by atoms with Crippen molar-refractivity contribution in [1.29, 1.82) is 0 Å². The molecule has 2 rings (SSSR count). The fraction of sp³-hybridized carbons (Fsp3) is 0.867. The molecule has 0 saturated carbocycles. The Balaban J connectivity index is 1.80. The maximum Gasteiger partial charge on any atom is 0.0166 e. The average Bonchev–Trinajstić information content (AvgIpc) is 2.30. The van der Waals surface area contributed by atoms with Gasteiger partial charge in [0.05, 0.1) is 0 Å². The van der Waals surface area contributed by atoms with Gasteiger partial charge in [0.15, 0.2) is 0 Å². The molecular formula is C15H28N2. The Morgan fingerprint density at radius 2 is 2.24 bits per heavy atom. The van der Waals surface area contributed by atoms with E-state index in [1.54, 1.807) is 5.57 Å². The molecule has 2 heteroatoms. The van der Waals surface area contributed by atoms with Gasteiger partial charge in [0.2, 0.25) is 0 Å². The Morgan fingerprint density at radius 1 is 1.41 bits per heavy atom. The zero-order valence-electron chi connectivity index (χ0n) is 11.8. The molecule has 2 nitrogen and oxygen atoms in total. The molecule has 1 atom stereocenters. The van der Waals surface area contributed by atoms with Gasteiger partial charge < -0.3 is 5.32 Å². The van der Waals surface area contributed by atoms with Gasteiger partial charge >= 0.3 is 0 Å². The first kappa shape index (κ1) is 13.1. The van der Waals surface area contributed by atoms with Gasteiger partial charge in [0.1, 0.15) is 0 Å². The Bertz CT molecular complexity index is 269. The maximum atomic E-state index is 3.52. The van der Waals surface area contributed by atoms with E-state index in [0.29, 0.717) is 5.41 Å². The number of nitrogens with one attached hydrogen (secondary N) is 1. The van der Waals surface area contributed by atoms with Crippen LogP contribution >= 0.6 is 0 Å². The lowest BCUT2D eigenvalue weighted by molar-refractivity contribution is 0.214. The van der Waals surface area contributed by atoms with Crippen LogP contribution in [0.5, 0.6) is 0 Å². The highest BCUT2D eigenvalue weighted by Crippen LogP contribution is 2.30. The Morgan fingerprint density at radius 3 is 2.76 bits per heavy atom. The molecule has 1 saturated heterocycles. The van der Waals surface area contributed by atoms with Crippen LogP contribution in [0.2, 0.25) is 0 Å². The van der Waals surface area contributed by atoms with Gasteiger partial charge in [-0.15, -0.1) is 0 Å². The first-order valence-corrected chi connectivity index (χ1v) is 7.18. The minimum absolute atomic E-state index is 0.373. The number of piperidine rings is 1. The van der Waals surface area contributed by atoms with Crippen LogP contribution < -0.4 is 5.32 Å². The van der Waals surface area contributed by atoms with Gasteiger partial charge in [0.25, 0.3) is 0 Å². The van der Waals surface area contributed by atoms with Crippen LogP contribution in [0, 0.1) is 11.3 Å². The van der Waals surface area contributed by atoms with Gasteiger partial charge in [-0.05, 0) is 43.7 Å². The van der Waals surface area contributed by atoms with Gasteiger partial charge in [0, 0.05) is 19.6 Å². The Kier molecular flexibility index (Phi) is 4.26. The van der Waals surface area contributed by atoms with E-state index in [-0.39, 0.29) is 0 Å². The molecule has 17 heavy (non-hydrogen) atoms. The molecule has 1 fully saturated rings. The molecule has 0 radical (unpaired) electrons. The summed E-state index contributed by atoms with van der Waals surface area (Å²) in [7, 11) is 0. The topological polar surface area (TPSA) is 15.3 Å². The second kappa shape index (κ2) is 5.53. The third-order valence-electron chi connectivity index (χ3n) is 4.17. The van der Waals surface area contributed by atoms with E-state index in [0.717, 1.165) is 5.92 Å². The highest BCUT2D eigenvalue weighted by atomic mass is 15.1. The first-order chi connectivity index (χ1) is 8.05. The summed E-state index contributed by atoms with van der Waals surface area (Å²) < 4.78 is 0. The largest absolute Gasteiger partial charge is 0.316 e. The van der Waals surface area contributed by atoms with E-state index in [1.807, 2.05) is 0 Å². The molecule has 1 unspecified atom stereocenters. The normalized spacial score (nSPS) is 27.9. The van der Waals surface area contributed by atoms with Crippen molar-refractivity contribution in [2.75, 3.05) is 32.7 Å². The smallest absolute Gasteiger partial charge is 0.0166 e. The van der Waals surface area contributed by atoms with Crippen molar-refractivity contribution in [2.24, 2.45) is 11.3 Å². The summed E-state index contributed by atoms with van der Waals surface area (Å²) >= 11 is 0. The monoisotopic (exact) mass is 236 g/mol. The Hall–Kier alpha value is -0.340. The maximum absolute atomic E-state index is 3.52. The summed E-state index contributed by atoms with van der Waals surface area (Å²) in [5.41, 5.74) is 2.02. The molecule has 2 heterocycles. The van der Waals surface area contributed by atoms with Crippen molar-refractivity contribution in [3.05, 3.63) is 11.6 Å². The van der Waals surface area contributed by atoms with Crippen LogP contribution in [0.15, 0.2) is 11.6 Å². The van der Waals surface area contributed by atoms with E-state index in [1.165, 1.54) is 52.0 Å². The predicted molar refractivity (Wildman–Crippen MR) is 74.2 cm³/mol. The second-order valence-corrected chi connectivity index (χ2v) is 6.70. The number of hydrogen-bond donors (Lipinski definition) is 1. The molecule has 1 N–H and O–H groups in total. The molecule has 0 aliphatic carbocycles. The predicted octanol–water partition coefficient (Wildman–Crippen LogP) is 2.66. The van der Waals surface area contributed by atoms with Crippen LogP contribution in [0.3, 0.4) is 0 Å². The summed E-state index contributed by atoms with van der Waals surface area (Å²) in [4.78, 5) is 2.63. The van der Waals surface area contributed by atoms with Crippen LogP contribution in [-0.4, -0.2) is 37.6 Å². The molecular weight excluding hydrogens is 208 g/mol. The lowest BCUT2D eigenvalue weighted by Crippen LogP contribution is -2.40. The quantitative estimate of drug-likeness (QED) is 0.742. The number of nitrogens with zero attached hydrogens (tertiary/aromatic N) is 1. The molecule has 0 aromatic carbocycles. The van der Waals surface area contributed by atoms with Gasteiger partial charge in [-0.25, -0.2) is 0 Å². The zero-order chi connectivity index (χ0) is 12.3. The summed E-state index contributed by atoms with van der Waals surface area (Å²) in [6.45, 7) is 13.2. The number of hydrogen-bond acceptors (Lipinski definition) is 2. The van der Waals surface area contributed by atoms with Crippen LogP contribution in [0.4, 0.5) is 0 Å². The van der Waals surface area contributed by atoms with Crippen molar-refractivity contribution >= 4 is 0 Å². The van der Waals surface area contributed by atoms with Crippen molar-refractivity contribution in [3.8, 4) is 0 Å². The Labute approximate surface area is 106 Å². The molecule has 0 bridgehead atoms. The molecule has 0 aromatic rings. The molecule has 0 amide bonds. The molecule has 98 valence electrons. The van der Waals surface area contributed by atoms with Crippen molar-refractivity contribution in [2.45, 2.75) is 40.0 Å². The summed E-state index contributed by atoms with van der Waals surface area (Å²) in [5.74, 6) is 0.883. The van der Waals surface area contributed by atoms with E-state index < -0.39 is 0 Å². The highest BCUT2D eigenvalue weighted by Gasteiger charge is 2.23. The van der Waals surface area contributed by atoms with Crippen LogP contribution in [0.25, 0.3) is 0 Å². The van der Waals surface area contributed by atoms with Crippen LogP contribution in [0.1, 0.15) is 40.0 Å². The fourth-order valence-electron chi connectivity index (χ4n) is 3.00. The fourth-order valence-corrected chi connectivity index (χ4v) is 3.00. The van der Waals surface area contributed by atoms with Crippen molar-refractivity contribution in [1.82, 2.24) is 10.2 Å². The molecule has 2 aliphatic heterocycles. The van der Waals surface area contributed by atoms with Gasteiger partial charge in [-0.3, -0.25) is 4.90 Å². The third-order valence-corrected chi connectivity index (χ3v) is 4.17. The zero-order valence-corrected chi connectivity index (χ0v) is 11.8. The number of rotatable bonds is 2. The first-order valence-electron chi connectivity index (χ1n) is 7.18. The summed E-state index contributed by atoms with van der Waals surface area (Å²) in [6, 6.07) is 0. The van der Waals surface area contributed by atoms with E-state index in [4.69, 9.17) is 0 Å². The van der Waals surface area contributed by atoms with Gasteiger partial charge in [-0.2, -0.15) is 0 Å². The standard InChI is InChI=1S/C15H28N2/c1-15(2,3)14-6-9-17(10-7-14)12-13-5-4-8-16-11-13/h6,13,16H,4-5,7-12H2,1-3H3. The van der Waals surface area contributed by atoms with E-state index in [2.05, 4.69) is 37.1 Å². The lowest BCUT2D eigenvalue weighted by Gasteiger charge is -2.35. The summed E-state index contributed by atoms with van der Waals surface area (Å²) in [5, 5.41) is 3.52. The minimum atomic E-state index is 0.373. The second-order valence-electron chi connectivity index (χ2n) is 6.70. The average molecular weight is 236 g/mol. The summed E-state index contributed by atoms with van der Waals surface area (Å²) in [6.07, 6.45) is 6.52. The molecule has 2 aliphatic rings. The van der Waals surface area contributed by atoms with E-state index in [9.17, 15) is 0 Å². The van der Waals surface area contributed by atoms with Crippen molar-refractivity contribution in [3.63, 3.8) is 0 Å². The highest BCUT2D eigenvalue weighted by molar-refractivity contribution is 5.14. The SMILES string of the molecule is CC(C)(C)C1=CCN(CC2CCCNC2)CC1. The van der Waals surface area contributed by atoms with E-state index >= 15 is 0 Å². The molecule has 0 aromatic heterocycles. The lowest BCUT2D eigenvalue weighted by atomic mass is 9.83. The van der Waals surface area contributed by atoms with Crippen LogP contribution in [-0.2, 0) is 0 Å². The molecule has 0 spiro atoms. The third kappa shape index (κ3) is 3.82. The minimum Gasteiger partial charge on any atom is -0.316 e. The van der Waals surface area contributed by atoms with Gasteiger partial charge in [-0.1, -0.05) is 32.4 Å².